The van der Waals surface area contributed by atoms with Crippen LogP contribution in [0.2, 0.25) is 0 Å². The van der Waals surface area contributed by atoms with Crippen LogP contribution in [0.25, 0.3) is 5.69 Å². The highest BCUT2D eigenvalue weighted by Gasteiger charge is 2.21. The van der Waals surface area contributed by atoms with Crippen LogP contribution in [-0.2, 0) is 0 Å². The molecule has 0 spiro atoms. The van der Waals surface area contributed by atoms with Gasteiger partial charge in [-0.15, -0.1) is 10.2 Å². The molecule has 0 saturated carbocycles. The molecule has 3 aromatic rings. The highest BCUT2D eigenvalue weighted by Crippen LogP contribution is 2.28. The Kier molecular flexibility index (Phi) is 5.28. The Morgan fingerprint density at radius 3 is 2.31 bits per heavy atom. The van der Waals surface area contributed by atoms with E-state index in [9.17, 15) is 4.79 Å². The van der Waals surface area contributed by atoms with E-state index in [2.05, 4.69) is 36.2 Å². The number of Topliss-reactive ketones (excluding diaryl/α,β-unsaturated/α-hetero) is 1. The number of nitrogens with zero attached hydrogens (tertiary/aromatic N) is 3. The Bertz CT molecular complexity index is 944. The molecule has 1 heterocycles. The van der Waals surface area contributed by atoms with Gasteiger partial charge in [-0.2, -0.15) is 0 Å². The van der Waals surface area contributed by atoms with Crippen LogP contribution in [0.3, 0.4) is 0 Å². The quantitative estimate of drug-likeness (QED) is 0.478. The van der Waals surface area contributed by atoms with Crippen molar-refractivity contribution in [2.24, 2.45) is 0 Å². The maximum atomic E-state index is 12.8. The van der Waals surface area contributed by atoms with Crippen LogP contribution in [0.15, 0.2) is 47.6 Å². The molecule has 1 aromatic heterocycles. The van der Waals surface area contributed by atoms with E-state index in [4.69, 9.17) is 0 Å². The zero-order valence-electron chi connectivity index (χ0n) is 15.8. The van der Waals surface area contributed by atoms with Gasteiger partial charge in [0.1, 0.15) is 5.82 Å². The summed E-state index contributed by atoms with van der Waals surface area (Å²) in [6.07, 6.45) is 0. The van der Waals surface area contributed by atoms with Crippen LogP contribution < -0.4 is 0 Å². The normalized spacial score (nSPS) is 12.2. The van der Waals surface area contributed by atoms with Crippen LogP contribution in [0.5, 0.6) is 0 Å². The number of aryl methyl sites for hydroxylation is 4. The largest absolute Gasteiger partial charge is 0.293 e. The van der Waals surface area contributed by atoms with Crippen molar-refractivity contribution in [3.63, 3.8) is 0 Å². The monoisotopic (exact) mass is 365 g/mol. The summed E-state index contributed by atoms with van der Waals surface area (Å²) in [5.41, 5.74) is 5.27. The Hall–Kier alpha value is -2.40. The van der Waals surface area contributed by atoms with Gasteiger partial charge >= 0.3 is 0 Å². The molecular weight excluding hydrogens is 342 g/mol. The van der Waals surface area contributed by atoms with Gasteiger partial charge in [-0.25, -0.2) is 0 Å². The number of ketones is 1. The minimum absolute atomic E-state index is 0.106. The van der Waals surface area contributed by atoms with Crippen LogP contribution >= 0.6 is 11.8 Å². The van der Waals surface area contributed by atoms with Gasteiger partial charge in [-0.05, 0) is 63.9 Å². The minimum atomic E-state index is -0.245. The third-order valence-corrected chi connectivity index (χ3v) is 5.57. The van der Waals surface area contributed by atoms with Crippen molar-refractivity contribution in [1.82, 2.24) is 14.8 Å². The minimum Gasteiger partial charge on any atom is -0.293 e. The van der Waals surface area contributed by atoms with Crippen LogP contribution in [0.1, 0.15) is 39.8 Å². The molecule has 134 valence electrons. The van der Waals surface area contributed by atoms with E-state index in [1.165, 1.54) is 22.9 Å². The molecule has 1 atom stereocenters. The standard InChI is InChI=1S/C21H23N3OS/c1-13-6-10-19(11-7-13)24-17(5)22-23-21(24)26-16(4)20(25)18-9-8-14(2)15(3)12-18/h6-12,16H,1-5H3/t16-/m0/s1. The van der Waals surface area contributed by atoms with Gasteiger partial charge in [0.05, 0.1) is 5.25 Å². The van der Waals surface area contributed by atoms with Crippen LogP contribution in [0, 0.1) is 27.7 Å². The number of hydrogen-bond acceptors (Lipinski definition) is 4. The van der Waals surface area contributed by atoms with Gasteiger partial charge < -0.3 is 0 Å². The van der Waals surface area contributed by atoms with Gasteiger partial charge in [0.2, 0.25) is 0 Å². The summed E-state index contributed by atoms with van der Waals surface area (Å²) in [5, 5.41) is 8.98. The van der Waals surface area contributed by atoms with Gasteiger partial charge in [-0.1, -0.05) is 41.6 Å². The lowest BCUT2D eigenvalue weighted by molar-refractivity contribution is 0.0993. The molecule has 2 aromatic carbocycles. The summed E-state index contributed by atoms with van der Waals surface area (Å²) in [6.45, 7) is 9.98. The fourth-order valence-electron chi connectivity index (χ4n) is 2.75. The summed E-state index contributed by atoms with van der Waals surface area (Å²) >= 11 is 1.44. The first-order valence-electron chi connectivity index (χ1n) is 8.64. The molecule has 0 aliphatic heterocycles. The van der Waals surface area contributed by atoms with Gasteiger partial charge in [-0.3, -0.25) is 9.36 Å². The van der Waals surface area contributed by atoms with E-state index in [-0.39, 0.29) is 11.0 Å². The lowest BCUT2D eigenvalue weighted by Gasteiger charge is -2.13. The second-order valence-electron chi connectivity index (χ2n) is 6.62. The molecule has 0 aliphatic carbocycles. The number of thioether (sulfide) groups is 1. The fraction of sp³-hybridized carbons (Fsp3) is 0.286. The van der Waals surface area contributed by atoms with Crippen LogP contribution in [0.4, 0.5) is 0 Å². The van der Waals surface area contributed by atoms with Crippen LogP contribution in [-0.4, -0.2) is 25.8 Å². The zero-order valence-corrected chi connectivity index (χ0v) is 16.6. The predicted molar refractivity (Wildman–Crippen MR) is 106 cm³/mol. The molecule has 0 N–H and O–H groups in total. The average molecular weight is 366 g/mol. The van der Waals surface area contributed by atoms with Crippen molar-refractivity contribution in [3.8, 4) is 5.69 Å². The summed E-state index contributed by atoms with van der Waals surface area (Å²) in [4.78, 5) is 12.8. The molecule has 5 heteroatoms. The van der Waals surface area contributed by atoms with Crippen molar-refractivity contribution in [2.45, 2.75) is 45.0 Å². The van der Waals surface area contributed by atoms with Crippen molar-refractivity contribution in [3.05, 3.63) is 70.5 Å². The molecule has 4 nitrogen and oxygen atoms in total. The van der Waals surface area contributed by atoms with Crippen molar-refractivity contribution >= 4 is 17.5 Å². The molecule has 26 heavy (non-hydrogen) atoms. The van der Waals surface area contributed by atoms with Gasteiger partial charge in [0.25, 0.3) is 0 Å². The Labute approximate surface area is 158 Å². The fourth-order valence-corrected chi connectivity index (χ4v) is 3.74. The molecular formula is C21H23N3OS. The second kappa shape index (κ2) is 7.46. The molecule has 0 unspecified atom stereocenters. The summed E-state index contributed by atoms with van der Waals surface area (Å²) in [6, 6.07) is 14.1. The lowest BCUT2D eigenvalue weighted by atomic mass is 10.0. The van der Waals surface area contributed by atoms with E-state index in [0.29, 0.717) is 0 Å². The first-order chi connectivity index (χ1) is 12.4. The Morgan fingerprint density at radius 2 is 1.65 bits per heavy atom. The first kappa shape index (κ1) is 18.4. The summed E-state index contributed by atoms with van der Waals surface area (Å²) in [5.74, 6) is 0.913. The number of rotatable bonds is 5. The van der Waals surface area contributed by atoms with E-state index in [1.807, 2.05) is 55.7 Å². The number of benzene rings is 2. The number of hydrogen-bond donors (Lipinski definition) is 0. The smallest absolute Gasteiger partial charge is 0.196 e. The molecule has 0 aliphatic rings. The maximum Gasteiger partial charge on any atom is 0.196 e. The highest BCUT2D eigenvalue weighted by molar-refractivity contribution is 8.00. The van der Waals surface area contributed by atoms with Gasteiger partial charge in [0, 0.05) is 11.3 Å². The number of carbonyl (C=O) groups excluding carboxylic acids is 1. The molecule has 0 saturated heterocycles. The Morgan fingerprint density at radius 1 is 0.962 bits per heavy atom. The van der Waals surface area contributed by atoms with Crippen molar-refractivity contribution in [1.29, 1.82) is 0 Å². The van der Waals surface area contributed by atoms with E-state index < -0.39 is 0 Å². The molecule has 0 fully saturated rings. The molecule has 0 bridgehead atoms. The topological polar surface area (TPSA) is 47.8 Å². The summed E-state index contributed by atoms with van der Waals surface area (Å²) < 4.78 is 1.99. The van der Waals surface area contributed by atoms with Gasteiger partial charge in [0.15, 0.2) is 10.9 Å². The van der Waals surface area contributed by atoms with E-state index in [1.54, 1.807) is 0 Å². The lowest BCUT2D eigenvalue weighted by Crippen LogP contribution is -2.15. The second-order valence-corrected chi connectivity index (χ2v) is 7.93. The molecule has 3 rings (SSSR count). The average Bonchev–Trinajstić information content (AvgIpc) is 2.98. The van der Waals surface area contributed by atoms with E-state index >= 15 is 0 Å². The first-order valence-corrected chi connectivity index (χ1v) is 9.52. The van der Waals surface area contributed by atoms with Crippen molar-refractivity contribution < 1.29 is 4.79 Å². The third-order valence-electron chi connectivity index (χ3n) is 4.53. The third kappa shape index (κ3) is 3.73. The zero-order chi connectivity index (χ0) is 18.8. The maximum absolute atomic E-state index is 12.8. The highest BCUT2D eigenvalue weighted by atomic mass is 32.2. The van der Waals surface area contributed by atoms with E-state index in [0.717, 1.165) is 27.8 Å². The SMILES string of the molecule is Cc1ccc(-n2c(C)nnc2S[C@@H](C)C(=O)c2ccc(C)c(C)c2)cc1. The summed E-state index contributed by atoms with van der Waals surface area (Å²) in [7, 11) is 0. The predicted octanol–water partition coefficient (Wildman–Crippen LogP) is 4.86. The molecule has 0 amide bonds. The Balaban J connectivity index is 1.86. The molecule has 0 radical (unpaired) electrons. The van der Waals surface area contributed by atoms with Crippen molar-refractivity contribution in [2.75, 3.05) is 0 Å². The number of aromatic nitrogens is 3. The number of carbonyl (C=O) groups is 1.